The van der Waals surface area contributed by atoms with Gasteiger partial charge in [0.05, 0.1) is 34.4 Å². The lowest BCUT2D eigenvalue weighted by Crippen LogP contribution is -2.47. The minimum atomic E-state index is -0.594. The van der Waals surface area contributed by atoms with Crippen LogP contribution in [0.5, 0.6) is 5.88 Å². The summed E-state index contributed by atoms with van der Waals surface area (Å²) >= 11 is 3.27. The average Bonchev–Trinajstić information content (AvgIpc) is 2.90. The number of halogens is 2. The van der Waals surface area contributed by atoms with Gasteiger partial charge in [0.2, 0.25) is 11.8 Å². The van der Waals surface area contributed by atoms with Crippen molar-refractivity contribution in [3.8, 4) is 5.88 Å². The molecule has 0 N–H and O–H groups in total. The summed E-state index contributed by atoms with van der Waals surface area (Å²) < 4.78 is 19.6. The fourth-order valence-corrected chi connectivity index (χ4v) is 5.00. The number of pyridine rings is 2. The van der Waals surface area contributed by atoms with Crippen LogP contribution < -0.4 is 9.64 Å². The fraction of sp³-hybridized carbons (Fsp3) is 0.286. The van der Waals surface area contributed by atoms with Gasteiger partial charge in [-0.3, -0.25) is 9.78 Å². The Morgan fingerprint density at radius 2 is 2.07 bits per heavy atom. The maximum absolute atomic E-state index is 14.0. The van der Waals surface area contributed by atoms with Crippen LogP contribution in [0.4, 0.5) is 10.1 Å². The number of methoxy groups -OCH3 is 1. The van der Waals surface area contributed by atoms with Crippen LogP contribution in [0.3, 0.4) is 0 Å². The third-order valence-corrected chi connectivity index (χ3v) is 6.68. The standard InChI is InChI=1S/C21H17BrFN3O2/c1-26-17-10-25-16-7-15(23)14(22)6-13(16)19(17)21(20(26)27)8-12(9-21)11-3-4-24-18(5-11)28-2/h3-7,10,12H,8-9H2,1-2H3/t12-,21-. The summed E-state index contributed by atoms with van der Waals surface area (Å²) in [6.07, 6.45) is 4.81. The molecule has 5 nitrogen and oxygen atoms in total. The first-order chi connectivity index (χ1) is 13.4. The summed E-state index contributed by atoms with van der Waals surface area (Å²) in [5, 5.41) is 0.828. The van der Waals surface area contributed by atoms with Gasteiger partial charge >= 0.3 is 0 Å². The highest BCUT2D eigenvalue weighted by atomic mass is 79.9. The first-order valence-corrected chi connectivity index (χ1v) is 9.80. The summed E-state index contributed by atoms with van der Waals surface area (Å²) in [5.41, 5.74) is 2.86. The topological polar surface area (TPSA) is 55.3 Å². The molecule has 1 aliphatic heterocycles. The van der Waals surface area contributed by atoms with Crippen molar-refractivity contribution >= 4 is 38.4 Å². The SMILES string of the molecule is COc1cc([C@H]2C[C@@]3(C2)C(=O)N(C)c2cnc4cc(F)c(Br)cc4c23)ccn1. The zero-order chi connectivity index (χ0) is 19.6. The van der Waals surface area contributed by atoms with E-state index < -0.39 is 5.41 Å². The Morgan fingerprint density at radius 3 is 2.82 bits per heavy atom. The predicted molar refractivity (Wildman–Crippen MR) is 107 cm³/mol. The number of hydrogen-bond acceptors (Lipinski definition) is 4. The van der Waals surface area contributed by atoms with E-state index in [4.69, 9.17) is 4.74 Å². The van der Waals surface area contributed by atoms with Crippen LogP contribution >= 0.6 is 15.9 Å². The molecule has 1 amide bonds. The largest absolute Gasteiger partial charge is 0.481 e. The van der Waals surface area contributed by atoms with Crippen molar-refractivity contribution in [2.24, 2.45) is 0 Å². The molecule has 0 unspecified atom stereocenters. The van der Waals surface area contributed by atoms with E-state index in [1.165, 1.54) is 6.07 Å². The predicted octanol–water partition coefficient (Wildman–Crippen LogP) is 4.33. The van der Waals surface area contributed by atoms with Crippen molar-refractivity contribution in [2.45, 2.75) is 24.2 Å². The number of anilines is 1. The normalized spacial score (nSPS) is 23.2. The Kier molecular flexibility index (Phi) is 3.75. The molecule has 2 aromatic heterocycles. The molecule has 28 heavy (non-hydrogen) atoms. The number of fused-ring (bicyclic) bond motifs is 4. The van der Waals surface area contributed by atoms with Gasteiger partial charge in [-0.2, -0.15) is 0 Å². The van der Waals surface area contributed by atoms with Crippen LogP contribution in [-0.4, -0.2) is 30.0 Å². The van der Waals surface area contributed by atoms with E-state index in [0.717, 1.165) is 22.2 Å². The molecule has 142 valence electrons. The monoisotopic (exact) mass is 441 g/mol. The molecule has 7 heteroatoms. The zero-order valence-corrected chi connectivity index (χ0v) is 17.0. The number of carbonyl (C=O) groups excluding carboxylic acids is 1. The number of rotatable bonds is 2. The third kappa shape index (κ3) is 2.25. The molecule has 5 rings (SSSR count). The van der Waals surface area contributed by atoms with Crippen LogP contribution in [-0.2, 0) is 10.2 Å². The molecule has 0 radical (unpaired) electrons. The molecule has 0 bridgehead atoms. The Labute approximate surface area is 169 Å². The molecule has 0 saturated heterocycles. The van der Waals surface area contributed by atoms with E-state index in [2.05, 4.69) is 25.9 Å². The van der Waals surface area contributed by atoms with Crippen molar-refractivity contribution in [3.63, 3.8) is 0 Å². The molecule has 1 aliphatic carbocycles. The Morgan fingerprint density at radius 1 is 1.29 bits per heavy atom. The van der Waals surface area contributed by atoms with Crippen LogP contribution in [0.1, 0.15) is 29.9 Å². The van der Waals surface area contributed by atoms with Gasteiger partial charge in [-0.25, -0.2) is 9.37 Å². The minimum Gasteiger partial charge on any atom is -0.481 e. The zero-order valence-electron chi connectivity index (χ0n) is 15.4. The number of benzene rings is 1. The Balaban J connectivity index is 1.62. The number of carbonyl (C=O) groups is 1. The summed E-state index contributed by atoms with van der Waals surface area (Å²) in [6.45, 7) is 0. The van der Waals surface area contributed by atoms with E-state index in [1.54, 1.807) is 37.5 Å². The molecular formula is C21H17BrFN3O2. The van der Waals surface area contributed by atoms with Crippen molar-refractivity contribution < 1.29 is 13.9 Å². The van der Waals surface area contributed by atoms with Gasteiger partial charge in [0.1, 0.15) is 5.82 Å². The molecule has 1 aromatic carbocycles. The highest BCUT2D eigenvalue weighted by Gasteiger charge is 2.58. The van der Waals surface area contributed by atoms with Crippen molar-refractivity contribution in [3.05, 3.63) is 58.1 Å². The van der Waals surface area contributed by atoms with Crippen LogP contribution in [0, 0.1) is 5.82 Å². The molecular weight excluding hydrogens is 425 g/mol. The van der Waals surface area contributed by atoms with E-state index in [9.17, 15) is 9.18 Å². The summed E-state index contributed by atoms with van der Waals surface area (Å²) in [6, 6.07) is 7.06. The smallest absolute Gasteiger partial charge is 0.237 e. The second-order valence-corrected chi connectivity index (χ2v) is 8.34. The van der Waals surface area contributed by atoms with E-state index in [0.29, 0.717) is 28.7 Å². The molecule has 2 aliphatic rings. The summed E-state index contributed by atoms with van der Waals surface area (Å²) in [4.78, 5) is 23.5. The third-order valence-electron chi connectivity index (χ3n) is 6.07. The number of amides is 1. The lowest BCUT2D eigenvalue weighted by atomic mass is 9.57. The van der Waals surface area contributed by atoms with Gasteiger partial charge in [-0.15, -0.1) is 0 Å². The fourth-order valence-electron chi connectivity index (χ4n) is 4.66. The van der Waals surface area contributed by atoms with E-state index in [-0.39, 0.29) is 17.6 Å². The van der Waals surface area contributed by atoms with Crippen LogP contribution in [0.2, 0.25) is 0 Å². The van der Waals surface area contributed by atoms with Gasteiger partial charge in [0.25, 0.3) is 0 Å². The Hall–Kier alpha value is -2.54. The van der Waals surface area contributed by atoms with Crippen molar-refractivity contribution in [2.75, 3.05) is 19.1 Å². The second kappa shape index (κ2) is 5.98. The highest BCUT2D eigenvalue weighted by molar-refractivity contribution is 9.10. The second-order valence-electron chi connectivity index (χ2n) is 7.48. The molecule has 3 aromatic rings. The lowest BCUT2D eigenvalue weighted by Gasteiger charge is -2.44. The van der Waals surface area contributed by atoms with Crippen molar-refractivity contribution in [1.82, 2.24) is 9.97 Å². The van der Waals surface area contributed by atoms with Crippen LogP contribution in [0.15, 0.2) is 41.1 Å². The first-order valence-electron chi connectivity index (χ1n) is 9.01. The highest BCUT2D eigenvalue weighted by Crippen LogP contribution is 2.60. The van der Waals surface area contributed by atoms with Gasteiger partial charge in [-0.1, -0.05) is 0 Å². The van der Waals surface area contributed by atoms with Crippen LogP contribution in [0.25, 0.3) is 10.9 Å². The van der Waals surface area contributed by atoms with Gasteiger partial charge in [0, 0.05) is 36.3 Å². The number of likely N-dealkylation sites (N-methyl/N-ethyl adjacent to an activating group) is 1. The molecule has 1 fully saturated rings. The molecule has 1 spiro atoms. The number of hydrogen-bond donors (Lipinski definition) is 0. The van der Waals surface area contributed by atoms with E-state index in [1.807, 2.05) is 12.1 Å². The van der Waals surface area contributed by atoms with Crippen molar-refractivity contribution in [1.29, 1.82) is 0 Å². The van der Waals surface area contributed by atoms with Gasteiger partial charge in [0.15, 0.2) is 0 Å². The number of aromatic nitrogens is 2. The van der Waals surface area contributed by atoms with Gasteiger partial charge in [-0.05, 0) is 52.4 Å². The maximum Gasteiger partial charge on any atom is 0.237 e. The average molecular weight is 442 g/mol. The quantitative estimate of drug-likeness (QED) is 0.593. The van der Waals surface area contributed by atoms with E-state index >= 15 is 0 Å². The molecule has 3 heterocycles. The number of ether oxygens (including phenoxy) is 1. The first kappa shape index (κ1) is 17.6. The maximum atomic E-state index is 14.0. The minimum absolute atomic E-state index is 0.0783. The number of nitrogens with zero attached hydrogens (tertiary/aromatic N) is 3. The summed E-state index contributed by atoms with van der Waals surface area (Å²) in [7, 11) is 3.38. The molecule has 1 saturated carbocycles. The molecule has 0 atom stereocenters. The Bertz CT molecular complexity index is 1140. The van der Waals surface area contributed by atoms with Gasteiger partial charge < -0.3 is 9.64 Å². The summed E-state index contributed by atoms with van der Waals surface area (Å²) in [5.74, 6) is 0.534. The lowest BCUT2D eigenvalue weighted by molar-refractivity contribution is -0.126.